The van der Waals surface area contributed by atoms with Gasteiger partial charge in [-0.05, 0) is 48.9 Å². The van der Waals surface area contributed by atoms with E-state index >= 15 is 0 Å². The molecule has 0 aliphatic carbocycles. The smallest absolute Gasteiger partial charge is 0.262 e. The Morgan fingerprint density at radius 3 is 2.71 bits per heavy atom. The summed E-state index contributed by atoms with van der Waals surface area (Å²) < 4.78 is 22.2. The number of ether oxygens (including phenoxy) is 4. The Hall–Kier alpha value is -4.40. The van der Waals surface area contributed by atoms with Gasteiger partial charge in [0, 0.05) is 11.8 Å². The highest BCUT2D eigenvalue weighted by molar-refractivity contribution is 6.12. The Labute approximate surface area is 196 Å². The molecule has 5 rings (SSSR count). The fraction of sp³-hybridized carbons (Fsp3) is 0.200. The number of carbonyl (C=O) groups is 2. The predicted octanol–water partition coefficient (Wildman–Crippen LogP) is 3.45. The monoisotopic (exact) mass is 461 g/mol. The van der Waals surface area contributed by atoms with Crippen LogP contribution in [0, 0.1) is 0 Å². The molecule has 0 saturated heterocycles. The van der Waals surface area contributed by atoms with Crippen LogP contribution in [0.4, 0.5) is 11.4 Å². The number of benzene rings is 3. The summed E-state index contributed by atoms with van der Waals surface area (Å²) >= 11 is 0. The molecule has 1 unspecified atom stereocenters. The molecule has 9 heteroatoms. The van der Waals surface area contributed by atoms with Crippen LogP contribution >= 0.6 is 0 Å². The number of rotatable bonds is 7. The van der Waals surface area contributed by atoms with Crippen LogP contribution in [0.15, 0.2) is 60.7 Å². The number of amides is 2. The molecule has 0 fully saturated rings. The van der Waals surface area contributed by atoms with Gasteiger partial charge in [-0.2, -0.15) is 0 Å². The molecule has 0 aromatic heterocycles. The van der Waals surface area contributed by atoms with Crippen molar-refractivity contribution in [2.24, 2.45) is 5.73 Å². The van der Waals surface area contributed by atoms with Crippen LogP contribution < -0.4 is 34.9 Å². The number of nitrogens with one attached hydrogen (secondary N) is 1. The van der Waals surface area contributed by atoms with Crippen molar-refractivity contribution in [1.29, 1.82) is 0 Å². The molecule has 2 heterocycles. The van der Waals surface area contributed by atoms with Gasteiger partial charge in [0.25, 0.3) is 11.8 Å². The Morgan fingerprint density at radius 2 is 1.88 bits per heavy atom. The molecule has 0 saturated carbocycles. The molecule has 3 aromatic rings. The topological polar surface area (TPSA) is 112 Å². The number of nitrogens with zero attached hydrogens (tertiary/aromatic N) is 1. The van der Waals surface area contributed by atoms with Crippen molar-refractivity contribution in [2.75, 3.05) is 30.2 Å². The molecular weight excluding hydrogens is 438 g/mol. The van der Waals surface area contributed by atoms with E-state index in [9.17, 15) is 9.59 Å². The van der Waals surface area contributed by atoms with Crippen LogP contribution in [0.3, 0.4) is 0 Å². The lowest BCUT2D eigenvalue weighted by Gasteiger charge is -2.38. The fourth-order valence-corrected chi connectivity index (χ4v) is 4.02. The quantitative estimate of drug-likeness (QED) is 0.554. The third kappa shape index (κ3) is 3.92. The van der Waals surface area contributed by atoms with E-state index in [1.807, 2.05) is 37.3 Å². The average molecular weight is 461 g/mol. The normalized spacial score (nSPS) is 16.0. The lowest BCUT2D eigenvalue weighted by molar-refractivity contribution is -0.119. The van der Waals surface area contributed by atoms with E-state index in [4.69, 9.17) is 24.7 Å². The molecule has 3 N–H and O–H groups in total. The lowest BCUT2D eigenvalue weighted by atomic mass is 10.0. The molecule has 0 bridgehead atoms. The van der Waals surface area contributed by atoms with Crippen molar-refractivity contribution in [3.8, 4) is 23.0 Å². The van der Waals surface area contributed by atoms with Crippen molar-refractivity contribution in [2.45, 2.75) is 13.1 Å². The summed E-state index contributed by atoms with van der Waals surface area (Å²) in [6.45, 7) is 2.11. The number of hydrogen-bond acceptors (Lipinski definition) is 7. The molecule has 0 spiro atoms. The molecule has 2 aliphatic heterocycles. The standard InChI is InChI=1S/C25H23N3O6/c1-2-31-21-11-15(7-9-19(21)32-13-23(26)29)24-27-18-6-4-3-5-17(18)25(30)28(24)16-8-10-20-22(12-16)34-14-33-20/h3-12,24,27H,2,13-14H2,1H3,(H2,26,29). The molecule has 9 nitrogen and oxygen atoms in total. The first-order valence-corrected chi connectivity index (χ1v) is 10.8. The first kappa shape index (κ1) is 21.4. The van der Waals surface area contributed by atoms with Crippen molar-refractivity contribution in [3.63, 3.8) is 0 Å². The third-order valence-corrected chi connectivity index (χ3v) is 5.51. The Bertz CT molecular complexity index is 1260. The molecule has 1 atom stereocenters. The van der Waals surface area contributed by atoms with Crippen LogP contribution in [-0.4, -0.2) is 31.8 Å². The zero-order chi connectivity index (χ0) is 23.7. The summed E-state index contributed by atoms with van der Waals surface area (Å²) in [7, 11) is 0. The van der Waals surface area contributed by atoms with Gasteiger partial charge in [0.05, 0.1) is 17.9 Å². The number of para-hydroxylation sites is 1. The maximum Gasteiger partial charge on any atom is 0.262 e. The molecule has 2 aliphatic rings. The molecule has 2 amide bonds. The Balaban J connectivity index is 1.58. The van der Waals surface area contributed by atoms with Crippen molar-refractivity contribution in [1.82, 2.24) is 0 Å². The van der Waals surface area contributed by atoms with E-state index in [0.29, 0.717) is 40.9 Å². The number of nitrogens with two attached hydrogens (primary N) is 1. The Kier molecular flexibility index (Phi) is 5.59. The highest BCUT2D eigenvalue weighted by Gasteiger charge is 2.35. The summed E-state index contributed by atoms with van der Waals surface area (Å²) in [5.41, 5.74) is 7.90. The highest BCUT2D eigenvalue weighted by Crippen LogP contribution is 2.42. The van der Waals surface area contributed by atoms with E-state index in [1.54, 1.807) is 35.2 Å². The molecular formula is C25H23N3O6. The van der Waals surface area contributed by atoms with Crippen LogP contribution in [-0.2, 0) is 4.79 Å². The molecule has 34 heavy (non-hydrogen) atoms. The average Bonchev–Trinajstić information content (AvgIpc) is 3.31. The van der Waals surface area contributed by atoms with E-state index in [-0.39, 0.29) is 19.3 Å². The number of carbonyl (C=O) groups excluding carboxylic acids is 2. The first-order valence-electron chi connectivity index (χ1n) is 10.8. The van der Waals surface area contributed by atoms with Gasteiger partial charge in [-0.25, -0.2) is 0 Å². The van der Waals surface area contributed by atoms with Crippen molar-refractivity contribution in [3.05, 3.63) is 71.8 Å². The second-order valence-corrected chi connectivity index (χ2v) is 7.70. The maximum absolute atomic E-state index is 13.7. The minimum Gasteiger partial charge on any atom is -0.490 e. The second kappa shape index (κ2) is 8.86. The minimum absolute atomic E-state index is 0.141. The third-order valence-electron chi connectivity index (χ3n) is 5.51. The van der Waals surface area contributed by atoms with Crippen LogP contribution in [0.25, 0.3) is 0 Å². The summed E-state index contributed by atoms with van der Waals surface area (Å²) in [6.07, 6.45) is -0.549. The summed E-state index contributed by atoms with van der Waals surface area (Å²) in [6, 6.07) is 18.1. The lowest BCUT2D eigenvalue weighted by Crippen LogP contribution is -2.43. The van der Waals surface area contributed by atoms with Gasteiger partial charge in [0.15, 0.2) is 29.6 Å². The van der Waals surface area contributed by atoms with Gasteiger partial charge >= 0.3 is 0 Å². The predicted molar refractivity (Wildman–Crippen MR) is 124 cm³/mol. The van der Waals surface area contributed by atoms with Crippen LogP contribution in [0.5, 0.6) is 23.0 Å². The van der Waals surface area contributed by atoms with Gasteiger partial charge in [0.2, 0.25) is 6.79 Å². The molecule has 0 radical (unpaired) electrons. The van der Waals surface area contributed by atoms with Gasteiger partial charge < -0.3 is 30.0 Å². The first-order chi connectivity index (χ1) is 16.5. The highest BCUT2D eigenvalue weighted by atomic mass is 16.7. The number of anilines is 2. The Morgan fingerprint density at radius 1 is 1.06 bits per heavy atom. The summed E-state index contributed by atoms with van der Waals surface area (Å²) in [5.74, 6) is 1.30. The van der Waals surface area contributed by atoms with Crippen LogP contribution in [0.2, 0.25) is 0 Å². The maximum atomic E-state index is 13.7. The van der Waals surface area contributed by atoms with E-state index in [1.165, 1.54) is 0 Å². The van der Waals surface area contributed by atoms with Crippen molar-refractivity contribution >= 4 is 23.2 Å². The van der Waals surface area contributed by atoms with Gasteiger partial charge in [0.1, 0.15) is 6.17 Å². The van der Waals surface area contributed by atoms with Gasteiger partial charge in [-0.3, -0.25) is 14.5 Å². The zero-order valence-corrected chi connectivity index (χ0v) is 18.4. The fourth-order valence-electron chi connectivity index (χ4n) is 4.02. The summed E-state index contributed by atoms with van der Waals surface area (Å²) in [5, 5.41) is 3.46. The van der Waals surface area contributed by atoms with Crippen LogP contribution in [0.1, 0.15) is 29.0 Å². The molecule has 3 aromatic carbocycles. The van der Waals surface area contributed by atoms with Crippen molar-refractivity contribution < 1.29 is 28.5 Å². The minimum atomic E-state index is -0.586. The van der Waals surface area contributed by atoms with E-state index in [0.717, 1.165) is 11.3 Å². The largest absolute Gasteiger partial charge is 0.490 e. The number of hydrogen-bond donors (Lipinski definition) is 2. The summed E-state index contributed by atoms with van der Waals surface area (Å²) in [4.78, 5) is 26.5. The van der Waals surface area contributed by atoms with E-state index in [2.05, 4.69) is 5.32 Å². The SMILES string of the molecule is CCOc1cc(C2Nc3ccccc3C(=O)N2c2ccc3c(c2)OCO3)ccc1OCC(N)=O. The second-order valence-electron chi connectivity index (χ2n) is 7.70. The zero-order valence-electron chi connectivity index (χ0n) is 18.4. The van der Waals surface area contributed by atoms with Gasteiger partial charge in [-0.15, -0.1) is 0 Å². The van der Waals surface area contributed by atoms with E-state index < -0.39 is 12.1 Å². The number of primary amides is 1. The number of fused-ring (bicyclic) bond motifs is 2. The molecule has 174 valence electrons. The van der Waals surface area contributed by atoms with Gasteiger partial charge in [-0.1, -0.05) is 18.2 Å².